The number of alkyl halides is 1. The highest BCUT2D eigenvalue weighted by atomic mass is 79.9. The SMILES string of the molecule is CC(c1ccccc1Cl)N(C)c1ccc(CBr)cc1Cl. The van der Waals surface area contributed by atoms with Crippen LogP contribution in [-0.2, 0) is 5.33 Å². The number of nitrogens with zero attached hydrogens (tertiary/aromatic N) is 1. The van der Waals surface area contributed by atoms with Crippen molar-refractivity contribution < 1.29 is 0 Å². The number of anilines is 1. The molecule has 2 aromatic rings. The van der Waals surface area contributed by atoms with Crippen molar-refractivity contribution in [2.45, 2.75) is 18.3 Å². The maximum absolute atomic E-state index is 6.38. The molecule has 0 aromatic heterocycles. The van der Waals surface area contributed by atoms with Crippen molar-refractivity contribution in [1.29, 1.82) is 0 Å². The fraction of sp³-hybridized carbons (Fsp3) is 0.250. The van der Waals surface area contributed by atoms with Gasteiger partial charge in [0.15, 0.2) is 0 Å². The summed E-state index contributed by atoms with van der Waals surface area (Å²) in [5.41, 5.74) is 3.26. The van der Waals surface area contributed by atoms with Gasteiger partial charge in [0, 0.05) is 17.4 Å². The largest absolute Gasteiger partial charge is 0.367 e. The normalized spacial score (nSPS) is 12.2. The van der Waals surface area contributed by atoms with Gasteiger partial charge in [-0.25, -0.2) is 0 Å². The molecule has 0 saturated carbocycles. The summed E-state index contributed by atoms with van der Waals surface area (Å²) in [7, 11) is 2.03. The van der Waals surface area contributed by atoms with Crippen LogP contribution < -0.4 is 4.90 Å². The lowest BCUT2D eigenvalue weighted by Crippen LogP contribution is -2.22. The zero-order valence-corrected chi connectivity index (χ0v) is 14.5. The summed E-state index contributed by atoms with van der Waals surface area (Å²) in [6.45, 7) is 2.12. The summed E-state index contributed by atoms with van der Waals surface area (Å²) in [6, 6.07) is 14.2. The smallest absolute Gasteiger partial charge is 0.0642 e. The molecule has 0 aliphatic carbocycles. The number of hydrogen-bond donors (Lipinski definition) is 0. The van der Waals surface area contributed by atoms with E-state index in [1.54, 1.807) is 0 Å². The second kappa shape index (κ2) is 6.84. The van der Waals surface area contributed by atoms with E-state index >= 15 is 0 Å². The second-order valence-corrected chi connectivity index (χ2v) is 6.10. The third-order valence-corrected chi connectivity index (χ3v) is 4.78. The predicted molar refractivity (Wildman–Crippen MR) is 92.4 cm³/mol. The molecule has 1 atom stereocenters. The van der Waals surface area contributed by atoms with Crippen LogP contribution in [-0.4, -0.2) is 7.05 Å². The van der Waals surface area contributed by atoms with E-state index in [2.05, 4.69) is 33.8 Å². The first kappa shape index (κ1) is 15.7. The van der Waals surface area contributed by atoms with Crippen LogP contribution in [0.2, 0.25) is 10.0 Å². The molecule has 0 fully saturated rings. The lowest BCUT2D eigenvalue weighted by atomic mass is 10.1. The van der Waals surface area contributed by atoms with E-state index in [4.69, 9.17) is 23.2 Å². The van der Waals surface area contributed by atoms with E-state index in [9.17, 15) is 0 Å². The first-order chi connectivity index (χ1) is 9.54. The predicted octanol–water partition coefficient (Wildman–Crippen LogP) is 6.09. The number of hydrogen-bond acceptors (Lipinski definition) is 1. The average Bonchev–Trinajstić information content (AvgIpc) is 2.46. The maximum Gasteiger partial charge on any atom is 0.0642 e. The molecule has 0 aliphatic rings. The first-order valence-electron chi connectivity index (χ1n) is 6.36. The Balaban J connectivity index is 2.31. The van der Waals surface area contributed by atoms with Crippen LogP contribution in [0.15, 0.2) is 42.5 Å². The summed E-state index contributed by atoms with van der Waals surface area (Å²) in [6.07, 6.45) is 0. The lowest BCUT2D eigenvalue weighted by molar-refractivity contribution is 0.740. The van der Waals surface area contributed by atoms with Crippen LogP contribution in [0, 0.1) is 0 Å². The molecule has 2 rings (SSSR count). The highest BCUT2D eigenvalue weighted by Crippen LogP contribution is 2.34. The van der Waals surface area contributed by atoms with Crippen LogP contribution >= 0.6 is 39.1 Å². The fourth-order valence-electron chi connectivity index (χ4n) is 2.15. The number of halogens is 3. The van der Waals surface area contributed by atoms with Crippen molar-refractivity contribution in [2.75, 3.05) is 11.9 Å². The van der Waals surface area contributed by atoms with Crippen molar-refractivity contribution in [3.8, 4) is 0 Å². The van der Waals surface area contributed by atoms with E-state index in [1.165, 1.54) is 0 Å². The minimum absolute atomic E-state index is 0.149. The molecule has 20 heavy (non-hydrogen) atoms. The minimum Gasteiger partial charge on any atom is -0.367 e. The molecular weight excluding hydrogens is 357 g/mol. The third kappa shape index (κ3) is 3.30. The minimum atomic E-state index is 0.149. The van der Waals surface area contributed by atoms with Crippen molar-refractivity contribution in [1.82, 2.24) is 0 Å². The van der Waals surface area contributed by atoms with Gasteiger partial charge < -0.3 is 4.90 Å². The quantitative estimate of drug-likeness (QED) is 0.587. The standard InChI is InChI=1S/C16H16BrCl2N/c1-11(13-5-3-4-6-14(13)18)20(2)16-8-7-12(10-17)9-15(16)19/h3-9,11H,10H2,1-2H3. The van der Waals surface area contributed by atoms with Crippen molar-refractivity contribution >= 4 is 44.8 Å². The van der Waals surface area contributed by atoms with Gasteiger partial charge in [0.05, 0.1) is 16.8 Å². The lowest BCUT2D eigenvalue weighted by Gasteiger charge is -2.29. The van der Waals surface area contributed by atoms with Gasteiger partial charge in [-0.3, -0.25) is 0 Å². The van der Waals surface area contributed by atoms with Gasteiger partial charge in [0.2, 0.25) is 0 Å². The molecule has 106 valence electrons. The molecule has 4 heteroatoms. The molecule has 0 N–H and O–H groups in total. The first-order valence-corrected chi connectivity index (χ1v) is 8.24. The number of benzene rings is 2. The molecule has 0 heterocycles. The fourth-order valence-corrected chi connectivity index (χ4v) is 3.13. The Labute approximate surface area is 138 Å². The van der Waals surface area contributed by atoms with E-state index in [1.807, 2.05) is 43.4 Å². The summed E-state index contributed by atoms with van der Waals surface area (Å²) in [5, 5.41) is 2.33. The molecule has 0 aliphatic heterocycles. The Morgan fingerprint density at radius 1 is 1.10 bits per heavy atom. The Morgan fingerprint density at radius 2 is 1.80 bits per heavy atom. The van der Waals surface area contributed by atoms with Crippen molar-refractivity contribution in [3.05, 3.63) is 63.6 Å². The van der Waals surface area contributed by atoms with Gasteiger partial charge in [0.1, 0.15) is 0 Å². The highest BCUT2D eigenvalue weighted by Gasteiger charge is 2.17. The molecule has 0 bridgehead atoms. The molecule has 0 spiro atoms. The average molecular weight is 373 g/mol. The Kier molecular flexibility index (Phi) is 5.36. The molecule has 0 saturated heterocycles. The molecule has 1 unspecified atom stereocenters. The Bertz CT molecular complexity index is 601. The number of rotatable bonds is 4. The van der Waals surface area contributed by atoms with Crippen LogP contribution in [0.4, 0.5) is 5.69 Å². The van der Waals surface area contributed by atoms with Crippen LogP contribution in [0.25, 0.3) is 0 Å². The van der Waals surface area contributed by atoms with Gasteiger partial charge in [-0.15, -0.1) is 0 Å². The molecular formula is C16H16BrCl2N. The van der Waals surface area contributed by atoms with Gasteiger partial charge >= 0.3 is 0 Å². The van der Waals surface area contributed by atoms with Crippen molar-refractivity contribution in [3.63, 3.8) is 0 Å². The highest BCUT2D eigenvalue weighted by molar-refractivity contribution is 9.08. The zero-order valence-electron chi connectivity index (χ0n) is 11.4. The van der Waals surface area contributed by atoms with E-state index < -0.39 is 0 Å². The Hall–Kier alpha value is -0.700. The Morgan fingerprint density at radius 3 is 2.40 bits per heavy atom. The second-order valence-electron chi connectivity index (χ2n) is 4.73. The van der Waals surface area contributed by atoms with E-state index in [-0.39, 0.29) is 6.04 Å². The molecule has 1 nitrogen and oxygen atoms in total. The molecule has 2 aromatic carbocycles. The van der Waals surface area contributed by atoms with Gasteiger partial charge in [0.25, 0.3) is 0 Å². The van der Waals surface area contributed by atoms with Gasteiger partial charge in [-0.2, -0.15) is 0 Å². The summed E-state index contributed by atoms with van der Waals surface area (Å²) < 4.78 is 0. The summed E-state index contributed by atoms with van der Waals surface area (Å²) in [4.78, 5) is 2.14. The van der Waals surface area contributed by atoms with Crippen molar-refractivity contribution in [2.24, 2.45) is 0 Å². The van der Waals surface area contributed by atoms with Gasteiger partial charge in [-0.1, -0.05) is 63.4 Å². The molecule has 0 amide bonds. The monoisotopic (exact) mass is 371 g/mol. The van der Waals surface area contributed by atoms with E-state index in [0.717, 1.165) is 32.2 Å². The maximum atomic E-state index is 6.38. The summed E-state index contributed by atoms with van der Waals surface area (Å²) in [5.74, 6) is 0. The topological polar surface area (TPSA) is 3.24 Å². The molecule has 0 radical (unpaired) electrons. The van der Waals surface area contributed by atoms with Crippen LogP contribution in [0.3, 0.4) is 0 Å². The van der Waals surface area contributed by atoms with Crippen LogP contribution in [0.5, 0.6) is 0 Å². The van der Waals surface area contributed by atoms with Crippen LogP contribution in [0.1, 0.15) is 24.1 Å². The van der Waals surface area contributed by atoms with Gasteiger partial charge in [-0.05, 0) is 36.2 Å². The third-order valence-electron chi connectivity index (χ3n) is 3.48. The van der Waals surface area contributed by atoms with E-state index in [0.29, 0.717) is 0 Å². The summed E-state index contributed by atoms with van der Waals surface area (Å²) >= 11 is 16.1. The zero-order chi connectivity index (χ0) is 14.7.